The Kier molecular flexibility index (Phi) is 5.24. The Morgan fingerprint density at radius 2 is 2.22 bits per heavy atom. The number of carbonyl (C=O) groups excluding carboxylic acids is 1. The van der Waals surface area contributed by atoms with Crippen molar-refractivity contribution in [2.45, 2.75) is 19.5 Å². The topological polar surface area (TPSA) is 84.3 Å². The number of hydrogen-bond acceptors (Lipinski definition) is 4. The van der Waals surface area contributed by atoms with Crippen LogP contribution in [0.15, 0.2) is 22.7 Å². The molecule has 1 rings (SSSR count). The number of rotatable bonds is 5. The van der Waals surface area contributed by atoms with Crippen LogP contribution in [0.5, 0.6) is 0 Å². The van der Waals surface area contributed by atoms with E-state index < -0.39 is 11.0 Å². The third-order valence-corrected chi connectivity index (χ3v) is 2.97. The molecule has 1 aromatic rings. The van der Waals surface area contributed by atoms with Crippen LogP contribution in [-0.2, 0) is 11.3 Å². The van der Waals surface area contributed by atoms with Crippen molar-refractivity contribution in [2.75, 3.05) is 7.05 Å². The van der Waals surface area contributed by atoms with Crippen LogP contribution >= 0.6 is 15.9 Å². The first-order valence-electron chi connectivity index (χ1n) is 5.33. The first-order valence-corrected chi connectivity index (χ1v) is 6.12. The van der Waals surface area contributed by atoms with Gasteiger partial charge in [-0.1, -0.05) is 15.9 Å². The predicted molar refractivity (Wildman–Crippen MR) is 71.2 cm³/mol. The van der Waals surface area contributed by atoms with Gasteiger partial charge in [0.15, 0.2) is 0 Å². The van der Waals surface area contributed by atoms with Crippen LogP contribution in [0.1, 0.15) is 12.5 Å². The lowest BCUT2D eigenvalue weighted by molar-refractivity contribution is -0.385. The van der Waals surface area contributed by atoms with E-state index in [4.69, 9.17) is 0 Å². The molecule has 7 heteroatoms. The van der Waals surface area contributed by atoms with E-state index in [-0.39, 0.29) is 18.1 Å². The van der Waals surface area contributed by atoms with Crippen LogP contribution in [0.2, 0.25) is 0 Å². The average molecular weight is 316 g/mol. The molecule has 18 heavy (non-hydrogen) atoms. The van der Waals surface area contributed by atoms with E-state index in [1.807, 2.05) is 0 Å². The zero-order chi connectivity index (χ0) is 13.7. The first-order chi connectivity index (χ1) is 8.45. The molecule has 0 bridgehead atoms. The highest BCUT2D eigenvalue weighted by molar-refractivity contribution is 9.10. The summed E-state index contributed by atoms with van der Waals surface area (Å²) in [5, 5.41) is 16.3. The van der Waals surface area contributed by atoms with Crippen LogP contribution in [0, 0.1) is 10.1 Å². The largest absolute Gasteiger partial charge is 0.358 e. The summed E-state index contributed by atoms with van der Waals surface area (Å²) in [4.78, 5) is 21.7. The first kappa shape index (κ1) is 14.6. The Bertz CT molecular complexity index is 465. The van der Waals surface area contributed by atoms with Crippen molar-refractivity contribution >= 4 is 27.5 Å². The van der Waals surface area contributed by atoms with Gasteiger partial charge in [0.05, 0.1) is 11.0 Å². The van der Waals surface area contributed by atoms with E-state index in [1.54, 1.807) is 26.1 Å². The molecule has 0 aromatic heterocycles. The number of nitrogens with zero attached hydrogens (tertiary/aromatic N) is 1. The summed E-state index contributed by atoms with van der Waals surface area (Å²) in [6.45, 7) is 1.95. The number of benzene rings is 1. The van der Waals surface area contributed by atoms with Gasteiger partial charge >= 0.3 is 0 Å². The van der Waals surface area contributed by atoms with E-state index in [1.165, 1.54) is 6.07 Å². The number of nitro groups is 1. The SMILES string of the molecule is CNC(=O)C(C)NCc1cc(Br)ccc1[N+](=O)[O-]. The van der Waals surface area contributed by atoms with Crippen molar-refractivity contribution in [2.24, 2.45) is 0 Å². The van der Waals surface area contributed by atoms with E-state index in [9.17, 15) is 14.9 Å². The van der Waals surface area contributed by atoms with Gasteiger partial charge < -0.3 is 10.6 Å². The average Bonchev–Trinajstić information content (AvgIpc) is 2.34. The molecule has 98 valence electrons. The fraction of sp³-hybridized carbons (Fsp3) is 0.364. The zero-order valence-corrected chi connectivity index (χ0v) is 11.7. The molecule has 0 fully saturated rings. The molecule has 0 spiro atoms. The fourth-order valence-corrected chi connectivity index (χ4v) is 1.85. The third-order valence-electron chi connectivity index (χ3n) is 2.48. The summed E-state index contributed by atoms with van der Waals surface area (Å²) < 4.78 is 0.762. The van der Waals surface area contributed by atoms with Crippen molar-refractivity contribution in [3.63, 3.8) is 0 Å². The molecule has 0 saturated heterocycles. The molecule has 1 unspecified atom stereocenters. The lowest BCUT2D eigenvalue weighted by Crippen LogP contribution is -2.40. The Labute approximate surface area is 113 Å². The number of hydrogen-bond donors (Lipinski definition) is 2. The molecule has 0 heterocycles. The normalized spacial score (nSPS) is 11.9. The number of nitrogens with one attached hydrogen (secondary N) is 2. The number of likely N-dealkylation sites (N-methyl/N-ethyl adjacent to an activating group) is 1. The van der Waals surface area contributed by atoms with Crippen LogP contribution < -0.4 is 10.6 Å². The Hall–Kier alpha value is -1.47. The molecule has 1 amide bonds. The van der Waals surface area contributed by atoms with Gasteiger partial charge in [0.2, 0.25) is 5.91 Å². The van der Waals surface area contributed by atoms with E-state index in [0.717, 1.165) is 4.47 Å². The molecule has 2 N–H and O–H groups in total. The molecular weight excluding hydrogens is 302 g/mol. The fourth-order valence-electron chi connectivity index (χ4n) is 1.45. The van der Waals surface area contributed by atoms with E-state index in [2.05, 4.69) is 26.6 Å². The van der Waals surface area contributed by atoms with Crippen LogP contribution in [0.3, 0.4) is 0 Å². The lowest BCUT2D eigenvalue weighted by atomic mass is 10.1. The predicted octanol–water partition coefficient (Wildman–Crippen LogP) is 1.58. The molecule has 1 aromatic carbocycles. The quantitative estimate of drug-likeness (QED) is 0.638. The van der Waals surface area contributed by atoms with Crippen LogP contribution in [-0.4, -0.2) is 23.9 Å². The Balaban J connectivity index is 2.80. The number of halogens is 1. The summed E-state index contributed by atoms with van der Waals surface area (Å²) >= 11 is 3.27. The molecule has 6 nitrogen and oxygen atoms in total. The standard InChI is InChI=1S/C11H14BrN3O3/c1-7(11(16)13-2)14-6-8-5-9(12)3-4-10(8)15(17)18/h3-5,7,14H,6H2,1-2H3,(H,13,16). The monoisotopic (exact) mass is 315 g/mol. The van der Waals surface area contributed by atoms with Gasteiger partial charge in [-0.3, -0.25) is 14.9 Å². The van der Waals surface area contributed by atoms with Crippen LogP contribution in [0.25, 0.3) is 0 Å². The van der Waals surface area contributed by atoms with Gasteiger partial charge in [-0.2, -0.15) is 0 Å². The van der Waals surface area contributed by atoms with Gasteiger partial charge in [0.25, 0.3) is 5.69 Å². The molecule has 0 radical (unpaired) electrons. The molecule has 0 aliphatic carbocycles. The minimum Gasteiger partial charge on any atom is -0.358 e. The minimum absolute atomic E-state index is 0.0369. The van der Waals surface area contributed by atoms with Crippen molar-refractivity contribution in [1.29, 1.82) is 0 Å². The third kappa shape index (κ3) is 3.78. The number of amides is 1. The maximum absolute atomic E-state index is 11.3. The van der Waals surface area contributed by atoms with Crippen molar-refractivity contribution in [1.82, 2.24) is 10.6 Å². The second-order valence-electron chi connectivity index (χ2n) is 3.75. The van der Waals surface area contributed by atoms with Crippen molar-refractivity contribution in [3.05, 3.63) is 38.3 Å². The van der Waals surface area contributed by atoms with Crippen molar-refractivity contribution < 1.29 is 9.72 Å². The Morgan fingerprint density at radius 3 is 2.78 bits per heavy atom. The van der Waals surface area contributed by atoms with E-state index >= 15 is 0 Å². The van der Waals surface area contributed by atoms with Gasteiger partial charge in [0.1, 0.15) is 0 Å². The summed E-state index contributed by atoms with van der Waals surface area (Å²) in [5.74, 6) is -0.160. The molecule has 1 atom stereocenters. The number of nitro benzene ring substituents is 1. The van der Waals surface area contributed by atoms with Gasteiger partial charge in [-0.25, -0.2) is 0 Å². The van der Waals surface area contributed by atoms with Gasteiger partial charge in [0, 0.05) is 29.7 Å². The molecule has 0 aliphatic heterocycles. The molecule has 0 saturated carbocycles. The number of carbonyl (C=O) groups is 1. The summed E-state index contributed by atoms with van der Waals surface area (Å²) in [6.07, 6.45) is 0. The van der Waals surface area contributed by atoms with Gasteiger partial charge in [-0.15, -0.1) is 0 Å². The summed E-state index contributed by atoms with van der Waals surface area (Å²) in [7, 11) is 1.54. The van der Waals surface area contributed by atoms with Gasteiger partial charge in [-0.05, 0) is 19.1 Å². The van der Waals surface area contributed by atoms with E-state index in [0.29, 0.717) is 5.56 Å². The second kappa shape index (κ2) is 6.46. The Morgan fingerprint density at radius 1 is 1.56 bits per heavy atom. The molecule has 0 aliphatic rings. The van der Waals surface area contributed by atoms with Crippen molar-refractivity contribution in [3.8, 4) is 0 Å². The highest BCUT2D eigenvalue weighted by atomic mass is 79.9. The summed E-state index contributed by atoms with van der Waals surface area (Å²) in [5.41, 5.74) is 0.569. The highest BCUT2D eigenvalue weighted by Gasteiger charge is 2.16. The maximum Gasteiger partial charge on any atom is 0.273 e. The lowest BCUT2D eigenvalue weighted by Gasteiger charge is -2.12. The van der Waals surface area contributed by atoms with Crippen LogP contribution in [0.4, 0.5) is 5.69 Å². The zero-order valence-electron chi connectivity index (χ0n) is 10.1. The minimum atomic E-state index is -0.436. The maximum atomic E-state index is 11.3. The highest BCUT2D eigenvalue weighted by Crippen LogP contribution is 2.22. The smallest absolute Gasteiger partial charge is 0.273 e. The second-order valence-corrected chi connectivity index (χ2v) is 4.66. The summed E-state index contributed by atoms with van der Waals surface area (Å²) in [6, 6.07) is 4.31. The molecular formula is C11H14BrN3O3.